The summed E-state index contributed by atoms with van der Waals surface area (Å²) in [4.78, 5) is 32.4. The second kappa shape index (κ2) is 10.2. The molecule has 0 radical (unpaired) electrons. The zero-order valence-electron chi connectivity index (χ0n) is 17.6. The lowest BCUT2D eigenvalue weighted by Gasteiger charge is -2.37. The Morgan fingerprint density at radius 2 is 2.28 bits per heavy atom. The molecule has 0 fully saturated rings. The average molecular weight is 403 g/mol. The number of rotatable bonds is 5. The first kappa shape index (κ1) is 22.7. The molecule has 1 aromatic heterocycles. The van der Waals surface area contributed by atoms with Crippen LogP contribution in [0.1, 0.15) is 36.7 Å². The highest BCUT2D eigenvalue weighted by atomic mass is 16.5. The van der Waals surface area contributed by atoms with Crippen LogP contribution in [0.25, 0.3) is 0 Å². The van der Waals surface area contributed by atoms with Gasteiger partial charge in [-0.2, -0.15) is 0 Å². The Kier molecular flexibility index (Phi) is 8.00. The minimum Gasteiger partial charge on any atom is -0.472 e. The second-order valence-electron chi connectivity index (χ2n) is 7.33. The number of hydrogen-bond donors (Lipinski definition) is 1. The number of nitrogens with zero attached hydrogens (tertiary/aromatic N) is 3. The number of ether oxygens (including phenoxy) is 2. The van der Waals surface area contributed by atoms with Crippen molar-refractivity contribution in [3.05, 3.63) is 23.4 Å². The summed E-state index contributed by atoms with van der Waals surface area (Å²) in [6, 6.07) is 1.27. The number of likely N-dealkylation sites (N-methyl/N-ethyl adjacent to an activating group) is 1. The summed E-state index contributed by atoms with van der Waals surface area (Å²) in [6.45, 7) is 6.10. The lowest BCUT2D eigenvalue weighted by molar-refractivity contribution is -0.129. The lowest BCUT2D eigenvalue weighted by Crippen LogP contribution is -2.50. The average Bonchev–Trinajstić information content (AvgIpc) is 2.70. The van der Waals surface area contributed by atoms with Crippen LogP contribution in [0.3, 0.4) is 0 Å². The Balaban J connectivity index is 2.46. The molecule has 2 amide bonds. The third-order valence-electron chi connectivity index (χ3n) is 4.96. The van der Waals surface area contributed by atoms with Gasteiger partial charge in [0.05, 0.1) is 19.2 Å². The van der Waals surface area contributed by atoms with Crippen molar-refractivity contribution in [1.29, 1.82) is 0 Å². The summed E-state index contributed by atoms with van der Waals surface area (Å²) in [7, 11) is 3.26. The molecule has 0 aromatic carbocycles. The van der Waals surface area contributed by atoms with Gasteiger partial charge in [-0.25, -0.2) is 4.98 Å². The molecule has 8 nitrogen and oxygen atoms in total. The highest BCUT2D eigenvalue weighted by molar-refractivity contribution is 5.97. The van der Waals surface area contributed by atoms with E-state index in [0.29, 0.717) is 18.7 Å². The maximum Gasteiger partial charge on any atom is 0.259 e. The van der Waals surface area contributed by atoms with Gasteiger partial charge in [-0.3, -0.25) is 9.59 Å². The number of carbonyl (C=O) groups excluding carboxylic acids is 2. The van der Waals surface area contributed by atoms with E-state index in [0.717, 1.165) is 0 Å². The zero-order chi connectivity index (χ0) is 21.6. The van der Waals surface area contributed by atoms with E-state index in [-0.39, 0.29) is 54.5 Å². The molecule has 0 bridgehead atoms. The fourth-order valence-electron chi connectivity index (χ4n) is 3.00. The minimum atomic E-state index is -0.370. The highest BCUT2D eigenvalue weighted by Crippen LogP contribution is 2.27. The quantitative estimate of drug-likeness (QED) is 0.731. The molecular weight excluding hydrogens is 374 g/mol. The molecule has 0 aliphatic carbocycles. The van der Waals surface area contributed by atoms with Crippen molar-refractivity contribution in [3.63, 3.8) is 0 Å². The Morgan fingerprint density at radius 1 is 1.55 bits per heavy atom. The van der Waals surface area contributed by atoms with Crippen molar-refractivity contribution < 1.29 is 24.2 Å². The van der Waals surface area contributed by atoms with E-state index in [9.17, 15) is 14.7 Å². The first-order valence-corrected chi connectivity index (χ1v) is 9.56. The molecule has 3 atom stereocenters. The van der Waals surface area contributed by atoms with Crippen LogP contribution < -0.4 is 4.74 Å². The third-order valence-corrected chi connectivity index (χ3v) is 4.96. The largest absolute Gasteiger partial charge is 0.472 e. The Hall–Kier alpha value is -2.63. The zero-order valence-corrected chi connectivity index (χ0v) is 17.6. The van der Waals surface area contributed by atoms with E-state index >= 15 is 0 Å². The molecule has 1 N–H and O–H groups in total. The Labute approximate surface area is 171 Å². The van der Waals surface area contributed by atoms with E-state index in [4.69, 9.17) is 9.47 Å². The molecule has 158 valence electrons. The molecule has 0 saturated carbocycles. The van der Waals surface area contributed by atoms with Crippen LogP contribution in [-0.2, 0) is 9.53 Å². The number of aliphatic hydroxyl groups excluding tert-OH is 1. The van der Waals surface area contributed by atoms with Gasteiger partial charge in [0, 0.05) is 45.3 Å². The van der Waals surface area contributed by atoms with Crippen molar-refractivity contribution in [2.24, 2.45) is 5.92 Å². The lowest BCUT2D eigenvalue weighted by atomic mass is 10.00. The van der Waals surface area contributed by atoms with E-state index in [1.807, 2.05) is 6.92 Å². The number of fused-ring (bicyclic) bond motifs is 1. The van der Waals surface area contributed by atoms with Gasteiger partial charge in [0.1, 0.15) is 18.3 Å². The van der Waals surface area contributed by atoms with Gasteiger partial charge in [-0.05, 0) is 13.0 Å². The van der Waals surface area contributed by atoms with Crippen molar-refractivity contribution in [3.8, 4) is 17.7 Å². The molecule has 8 heteroatoms. The van der Waals surface area contributed by atoms with Crippen LogP contribution in [0.5, 0.6) is 5.88 Å². The smallest absolute Gasteiger partial charge is 0.259 e. The predicted molar refractivity (Wildman–Crippen MR) is 107 cm³/mol. The van der Waals surface area contributed by atoms with E-state index in [2.05, 4.69) is 16.8 Å². The normalized spacial score (nSPS) is 19.8. The van der Waals surface area contributed by atoms with E-state index in [1.165, 1.54) is 6.92 Å². The number of aromatic nitrogens is 1. The van der Waals surface area contributed by atoms with Crippen LogP contribution >= 0.6 is 0 Å². The molecular formula is C21H29N3O5. The topological polar surface area (TPSA) is 92.2 Å². The fourth-order valence-corrected chi connectivity index (χ4v) is 3.00. The van der Waals surface area contributed by atoms with Gasteiger partial charge in [-0.1, -0.05) is 18.8 Å². The van der Waals surface area contributed by atoms with Gasteiger partial charge in [0.2, 0.25) is 11.8 Å². The van der Waals surface area contributed by atoms with Crippen molar-refractivity contribution >= 4 is 11.8 Å². The van der Waals surface area contributed by atoms with Gasteiger partial charge >= 0.3 is 0 Å². The molecule has 0 spiro atoms. The van der Waals surface area contributed by atoms with Crippen LogP contribution in [0.2, 0.25) is 0 Å². The molecule has 0 unspecified atom stereocenters. The molecule has 1 aliphatic rings. The SMILES string of the molecule is COCC#Cc1cnc2c(c1)C(=O)N([C@@H](C)CO)C[C@@H](C)[C@@H](CN(C)C(C)=O)O2. The van der Waals surface area contributed by atoms with Crippen molar-refractivity contribution in [1.82, 2.24) is 14.8 Å². The van der Waals surface area contributed by atoms with Gasteiger partial charge in [-0.15, -0.1) is 0 Å². The minimum absolute atomic E-state index is 0.0727. The number of pyridine rings is 1. The van der Waals surface area contributed by atoms with Crippen LogP contribution in [0, 0.1) is 17.8 Å². The summed E-state index contributed by atoms with van der Waals surface area (Å²) in [5.41, 5.74) is 0.859. The maximum atomic E-state index is 13.2. The second-order valence-corrected chi connectivity index (χ2v) is 7.33. The molecule has 29 heavy (non-hydrogen) atoms. The first-order valence-electron chi connectivity index (χ1n) is 9.56. The number of aliphatic hydroxyl groups is 1. The summed E-state index contributed by atoms with van der Waals surface area (Å²) >= 11 is 0. The molecule has 0 saturated heterocycles. The molecule has 1 aromatic rings. The molecule has 2 rings (SSSR count). The van der Waals surface area contributed by atoms with E-state index in [1.54, 1.807) is 43.1 Å². The monoisotopic (exact) mass is 403 g/mol. The van der Waals surface area contributed by atoms with Crippen molar-refractivity contribution in [2.75, 3.05) is 40.5 Å². The number of hydrogen-bond acceptors (Lipinski definition) is 6. The molecule has 1 aliphatic heterocycles. The predicted octanol–water partition coefficient (Wildman–Crippen LogP) is 0.778. The number of amides is 2. The third kappa shape index (κ3) is 5.68. The van der Waals surface area contributed by atoms with Crippen molar-refractivity contribution in [2.45, 2.75) is 32.9 Å². The summed E-state index contributed by atoms with van der Waals surface area (Å²) in [6.07, 6.45) is 1.19. The van der Waals surface area contributed by atoms with Crippen LogP contribution in [0.15, 0.2) is 12.3 Å². The fraction of sp³-hybridized carbons (Fsp3) is 0.571. The summed E-state index contributed by atoms with van der Waals surface area (Å²) in [5.74, 6) is 5.53. The Morgan fingerprint density at radius 3 is 2.90 bits per heavy atom. The van der Waals surface area contributed by atoms with Gasteiger partial charge in [0.15, 0.2) is 0 Å². The van der Waals surface area contributed by atoms with Crippen LogP contribution in [0.4, 0.5) is 0 Å². The molecule has 2 heterocycles. The van der Waals surface area contributed by atoms with Gasteiger partial charge in [0.25, 0.3) is 5.91 Å². The van der Waals surface area contributed by atoms with Gasteiger partial charge < -0.3 is 24.4 Å². The standard InChI is InChI=1S/C21H29N3O5/c1-14-11-24(15(2)13-25)21(27)18-9-17(7-6-8-28-5)10-22-20(18)29-19(14)12-23(4)16(3)26/h9-10,14-15,19,25H,8,11-13H2,1-5H3/t14-,15+,19-/m1/s1. The number of methoxy groups -OCH3 is 1. The summed E-state index contributed by atoms with van der Waals surface area (Å²) < 4.78 is 11.0. The number of carbonyl (C=O) groups is 2. The van der Waals surface area contributed by atoms with Crippen LogP contribution in [-0.4, -0.2) is 84.3 Å². The summed E-state index contributed by atoms with van der Waals surface area (Å²) in [5, 5.41) is 9.65. The van der Waals surface area contributed by atoms with E-state index < -0.39 is 0 Å². The highest BCUT2D eigenvalue weighted by Gasteiger charge is 2.34. The Bertz CT molecular complexity index is 801. The first-order chi connectivity index (χ1) is 13.8. The maximum absolute atomic E-state index is 13.2.